The van der Waals surface area contributed by atoms with Crippen LogP contribution in [-0.4, -0.2) is 74.2 Å². The number of piperazine rings is 1. The Morgan fingerprint density at radius 3 is 2.36 bits per heavy atom. The van der Waals surface area contributed by atoms with Crippen LogP contribution in [0.2, 0.25) is 0 Å². The molecule has 0 bridgehead atoms. The van der Waals surface area contributed by atoms with Crippen LogP contribution >= 0.6 is 0 Å². The van der Waals surface area contributed by atoms with Crippen LogP contribution in [0, 0.1) is 0 Å². The standard InChI is InChI=1S/C20H33N5/c1-3-21-20(25-11-7-8-12-25)22-17-18(2)23-13-15-24(16-14-23)19-9-5-4-6-10-19/h4-6,9-10,18H,3,7-8,11-17H2,1-2H3,(H,21,22). The van der Waals surface area contributed by atoms with Crippen molar-refractivity contribution in [2.24, 2.45) is 4.99 Å². The average Bonchev–Trinajstić information content (AvgIpc) is 3.20. The maximum atomic E-state index is 4.92. The molecule has 1 N–H and O–H groups in total. The van der Waals surface area contributed by atoms with Crippen LogP contribution in [0.15, 0.2) is 35.3 Å². The molecule has 2 saturated heterocycles. The third-order valence-corrected chi connectivity index (χ3v) is 5.30. The van der Waals surface area contributed by atoms with Gasteiger partial charge in [0.1, 0.15) is 0 Å². The molecule has 3 rings (SSSR count). The molecule has 2 heterocycles. The van der Waals surface area contributed by atoms with E-state index in [4.69, 9.17) is 4.99 Å². The van der Waals surface area contributed by atoms with Gasteiger partial charge in [0, 0.05) is 57.5 Å². The van der Waals surface area contributed by atoms with Crippen LogP contribution in [0.4, 0.5) is 5.69 Å². The van der Waals surface area contributed by atoms with Crippen LogP contribution in [0.1, 0.15) is 26.7 Å². The van der Waals surface area contributed by atoms with E-state index in [1.54, 1.807) is 0 Å². The van der Waals surface area contributed by atoms with Crippen LogP contribution in [0.25, 0.3) is 0 Å². The molecular formula is C20H33N5. The molecule has 0 amide bonds. The molecule has 0 radical (unpaired) electrons. The molecule has 2 aliphatic heterocycles. The Balaban J connectivity index is 1.50. The van der Waals surface area contributed by atoms with Crippen molar-refractivity contribution < 1.29 is 0 Å². The van der Waals surface area contributed by atoms with E-state index in [-0.39, 0.29) is 0 Å². The van der Waals surface area contributed by atoms with Crippen molar-refractivity contribution in [1.29, 1.82) is 0 Å². The molecule has 5 nitrogen and oxygen atoms in total. The predicted octanol–water partition coefficient (Wildman–Crippen LogP) is 2.26. The number of likely N-dealkylation sites (tertiary alicyclic amines) is 1. The zero-order valence-corrected chi connectivity index (χ0v) is 15.8. The Labute approximate surface area is 152 Å². The summed E-state index contributed by atoms with van der Waals surface area (Å²) in [5.74, 6) is 1.11. The number of nitrogens with zero attached hydrogens (tertiary/aromatic N) is 4. The molecule has 0 aliphatic carbocycles. The van der Waals surface area contributed by atoms with E-state index in [9.17, 15) is 0 Å². The van der Waals surface area contributed by atoms with Gasteiger partial charge >= 0.3 is 0 Å². The highest BCUT2D eigenvalue weighted by Gasteiger charge is 2.22. The lowest BCUT2D eigenvalue weighted by Gasteiger charge is -2.38. The third-order valence-electron chi connectivity index (χ3n) is 5.30. The molecule has 1 atom stereocenters. The van der Waals surface area contributed by atoms with Gasteiger partial charge in [-0.3, -0.25) is 9.89 Å². The van der Waals surface area contributed by atoms with Crippen molar-refractivity contribution >= 4 is 11.6 Å². The summed E-state index contributed by atoms with van der Waals surface area (Å²) in [6.45, 7) is 13.0. The minimum Gasteiger partial charge on any atom is -0.369 e. The molecule has 25 heavy (non-hydrogen) atoms. The lowest BCUT2D eigenvalue weighted by Crippen LogP contribution is -2.50. The largest absolute Gasteiger partial charge is 0.369 e. The second-order valence-electron chi connectivity index (χ2n) is 7.10. The molecule has 1 aromatic rings. The Morgan fingerprint density at radius 1 is 1.04 bits per heavy atom. The van der Waals surface area contributed by atoms with E-state index in [0.29, 0.717) is 6.04 Å². The van der Waals surface area contributed by atoms with E-state index in [1.807, 2.05) is 0 Å². The summed E-state index contributed by atoms with van der Waals surface area (Å²) in [6.07, 6.45) is 2.59. The number of hydrogen-bond acceptors (Lipinski definition) is 3. The Hall–Kier alpha value is -1.75. The second kappa shape index (κ2) is 9.09. The van der Waals surface area contributed by atoms with Crippen molar-refractivity contribution in [2.75, 3.05) is 57.3 Å². The number of nitrogens with one attached hydrogen (secondary N) is 1. The Bertz CT molecular complexity index is 530. The van der Waals surface area contributed by atoms with Crippen molar-refractivity contribution in [1.82, 2.24) is 15.1 Å². The lowest BCUT2D eigenvalue weighted by atomic mass is 10.2. The van der Waals surface area contributed by atoms with Crippen molar-refractivity contribution in [3.05, 3.63) is 30.3 Å². The summed E-state index contributed by atoms with van der Waals surface area (Å²) in [5.41, 5.74) is 1.34. The van der Waals surface area contributed by atoms with E-state index >= 15 is 0 Å². The highest BCUT2D eigenvalue weighted by Crippen LogP contribution is 2.16. The highest BCUT2D eigenvalue weighted by molar-refractivity contribution is 5.80. The first-order valence-electron chi connectivity index (χ1n) is 9.85. The minimum atomic E-state index is 0.495. The summed E-state index contributed by atoms with van der Waals surface area (Å²) in [4.78, 5) is 12.4. The molecule has 2 aliphatic rings. The predicted molar refractivity (Wildman–Crippen MR) is 106 cm³/mol. The summed E-state index contributed by atoms with van der Waals surface area (Å²) in [5, 5.41) is 3.46. The van der Waals surface area contributed by atoms with E-state index in [0.717, 1.165) is 58.3 Å². The quantitative estimate of drug-likeness (QED) is 0.657. The normalized spacial score (nSPS) is 20.8. The molecule has 0 saturated carbocycles. The molecule has 1 unspecified atom stereocenters. The van der Waals surface area contributed by atoms with Gasteiger partial charge in [-0.05, 0) is 38.8 Å². The molecule has 1 aromatic carbocycles. The molecule has 0 spiro atoms. The van der Waals surface area contributed by atoms with Gasteiger partial charge in [0.25, 0.3) is 0 Å². The number of aliphatic imine (C=N–C) groups is 1. The molecular weight excluding hydrogens is 310 g/mol. The minimum absolute atomic E-state index is 0.495. The first kappa shape index (κ1) is 18.1. The highest BCUT2D eigenvalue weighted by atomic mass is 15.3. The summed E-state index contributed by atoms with van der Waals surface area (Å²) >= 11 is 0. The average molecular weight is 344 g/mol. The van der Waals surface area contributed by atoms with Crippen LogP contribution in [0.5, 0.6) is 0 Å². The lowest BCUT2D eigenvalue weighted by molar-refractivity contribution is 0.201. The zero-order chi connectivity index (χ0) is 17.5. The van der Waals surface area contributed by atoms with Gasteiger partial charge in [0.05, 0.1) is 6.54 Å². The van der Waals surface area contributed by atoms with Gasteiger partial charge in [-0.15, -0.1) is 0 Å². The van der Waals surface area contributed by atoms with Gasteiger partial charge in [-0.25, -0.2) is 0 Å². The first-order valence-corrected chi connectivity index (χ1v) is 9.85. The SMILES string of the molecule is CCNC(=NCC(C)N1CCN(c2ccccc2)CC1)N1CCCC1. The summed E-state index contributed by atoms with van der Waals surface area (Å²) in [6, 6.07) is 11.3. The number of hydrogen-bond donors (Lipinski definition) is 1. The van der Waals surface area contributed by atoms with Gasteiger partial charge in [0.2, 0.25) is 0 Å². The van der Waals surface area contributed by atoms with Crippen LogP contribution in [-0.2, 0) is 0 Å². The molecule has 0 aromatic heterocycles. The van der Waals surface area contributed by atoms with Crippen LogP contribution in [0.3, 0.4) is 0 Å². The summed E-state index contributed by atoms with van der Waals surface area (Å²) < 4.78 is 0. The maximum Gasteiger partial charge on any atom is 0.193 e. The molecule has 5 heteroatoms. The first-order chi connectivity index (χ1) is 12.3. The van der Waals surface area contributed by atoms with E-state index in [1.165, 1.54) is 18.5 Å². The topological polar surface area (TPSA) is 34.1 Å². The number of para-hydroxylation sites is 1. The number of guanidine groups is 1. The number of anilines is 1. The van der Waals surface area contributed by atoms with Crippen molar-refractivity contribution in [3.63, 3.8) is 0 Å². The molecule has 138 valence electrons. The van der Waals surface area contributed by atoms with Gasteiger partial charge < -0.3 is 15.1 Å². The third kappa shape index (κ3) is 4.88. The monoisotopic (exact) mass is 343 g/mol. The number of rotatable bonds is 5. The maximum absolute atomic E-state index is 4.92. The number of benzene rings is 1. The second-order valence-corrected chi connectivity index (χ2v) is 7.10. The zero-order valence-electron chi connectivity index (χ0n) is 15.8. The fraction of sp³-hybridized carbons (Fsp3) is 0.650. The Kier molecular flexibility index (Phi) is 6.56. The summed E-state index contributed by atoms with van der Waals surface area (Å²) in [7, 11) is 0. The van der Waals surface area contributed by atoms with Crippen LogP contribution < -0.4 is 10.2 Å². The smallest absolute Gasteiger partial charge is 0.193 e. The van der Waals surface area contributed by atoms with Gasteiger partial charge in [-0.2, -0.15) is 0 Å². The van der Waals surface area contributed by atoms with E-state index < -0.39 is 0 Å². The van der Waals surface area contributed by atoms with E-state index in [2.05, 4.69) is 64.2 Å². The fourth-order valence-corrected chi connectivity index (χ4v) is 3.75. The van der Waals surface area contributed by atoms with Gasteiger partial charge in [0.15, 0.2) is 5.96 Å². The fourth-order valence-electron chi connectivity index (χ4n) is 3.75. The Morgan fingerprint density at radius 2 is 1.72 bits per heavy atom. The van der Waals surface area contributed by atoms with Crippen molar-refractivity contribution in [2.45, 2.75) is 32.7 Å². The van der Waals surface area contributed by atoms with Crippen molar-refractivity contribution in [3.8, 4) is 0 Å². The molecule has 2 fully saturated rings. The van der Waals surface area contributed by atoms with Gasteiger partial charge in [-0.1, -0.05) is 18.2 Å².